The fourth-order valence-electron chi connectivity index (χ4n) is 2.91. The Hall–Kier alpha value is -2.26. The number of benzene rings is 2. The zero-order valence-corrected chi connectivity index (χ0v) is 12.9. The van der Waals surface area contributed by atoms with Crippen LogP contribution in [0.2, 0.25) is 0 Å². The summed E-state index contributed by atoms with van der Waals surface area (Å²) >= 11 is 0. The van der Waals surface area contributed by atoms with Gasteiger partial charge in [0.1, 0.15) is 5.75 Å². The van der Waals surface area contributed by atoms with Gasteiger partial charge >= 0.3 is 0 Å². The lowest BCUT2D eigenvalue weighted by Crippen LogP contribution is -1.99. The molecule has 0 bridgehead atoms. The molecule has 3 rings (SSSR count). The molecule has 0 radical (unpaired) electrons. The molecule has 3 nitrogen and oxygen atoms in total. The summed E-state index contributed by atoms with van der Waals surface area (Å²) < 4.78 is 5.38. The van der Waals surface area contributed by atoms with Gasteiger partial charge in [0, 0.05) is 16.6 Å². The molecule has 0 saturated heterocycles. The van der Waals surface area contributed by atoms with Crippen LogP contribution in [0.5, 0.6) is 5.75 Å². The second kappa shape index (κ2) is 6.67. The molecule has 3 heteroatoms. The third kappa shape index (κ3) is 2.85. The molecular weight excluding hydrogens is 272 g/mol. The number of nitrogens with one attached hydrogen (secondary N) is 1. The summed E-state index contributed by atoms with van der Waals surface area (Å²) in [4.78, 5) is 3.57. The maximum atomic E-state index is 5.65. The van der Waals surface area contributed by atoms with Gasteiger partial charge in [-0.3, -0.25) is 0 Å². The minimum absolute atomic E-state index is 0.742. The first kappa shape index (κ1) is 14.7. The Morgan fingerprint density at radius 3 is 2.59 bits per heavy atom. The molecule has 2 aromatic carbocycles. The van der Waals surface area contributed by atoms with Crippen LogP contribution in [0.15, 0.2) is 48.5 Å². The van der Waals surface area contributed by atoms with E-state index in [4.69, 9.17) is 10.5 Å². The number of rotatable bonds is 6. The van der Waals surface area contributed by atoms with E-state index in [0.717, 1.165) is 37.1 Å². The highest BCUT2D eigenvalue weighted by Crippen LogP contribution is 2.33. The topological polar surface area (TPSA) is 51.0 Å². The van der Waals surface area contributed by atoms with Crippen LogP contribution < -0.4 is 10.5 Å². The molecule has 0 aliphatic carbocycles. The lowest BCUT2D eigenvalue weighted by Gasteiger charge is -2.05. The number of unbranched alkanes of at least 4 members (excludes halogenated alkanes) is 1. The summed E-state index contributed by atoms with van der Waals surface area (Å²) in [5, 5.41) is 1.25. The van der Waals surface area contributed by atoms with Gasteiger partial charge < -0.3 is 15.5 Å². The number of aromatic amines is 1. The molecule has 0 spiro atoms. The Labute approximate surface area is 131 Å². The molecule has 0 fully saturated rings. The monoisotopic (exact) mass is 294 g/mol. The van der Waals surface area contributed by atoms with Gasteiger partial charge in [0.05, 0.1) is 7.11 Å². The van der Waals surface area contributed by atoms with Crippen molar-refractivity contribution >= 4 is 10.9 Å². The van der Waals surface area contributed by atoms with Crippen LogP contribution >= 0.6 is 0 Å². The molecule has 1 aromatic heterocycles. The van der Waals surface area contributed by atoms with Gasteiger partial charge in [0.25, 0.3) is 0 Å². The highest BCUT2D eigenvalue weighted by molar-refractivity contribution is 5.91. The van der Waals surface area contributed by atoms with Crippen molar-refractivity contribution in [3.05, 3.63) is 54.1 Å². The van der Waals surface area contributed by atoms with Crippen LogP contribution in [0.25, 0.3) is 22.2 Å². The average molecular weight is 294 g/mol. The van der Waals surface area contributed by atoms with Crippen LogP contribution in [0.1, 0.15) is 18.4 Å². The van der Waals surface area contributed by atoms with Crippen LogP contribution in [-0.4, -0.2) is 18.6 Å². The third-order valence-corrected chi connectivity index (χ3v) is 4.06. The SMILES string of the molecule is COc1ccc2[nH]c(-c3ccccc3)c(CCCCN)c2c1. The van der Waals surface area contributed by atoms with Crippen LogP contribution in [-0.2, 0) is 6.42 Å². The van der Waals surface area contributed by atoms with Gasteiger partial charge in [-0.1, -0.05) is 30.3 Å². The zero-order chi connectivity index (χ0) is 15.4. The number of nitrogens with two attached hydrogens (primary N) is 1. The van der Waals surface area contributed by atoms with Crippen molar-refractivity contribution in [1.82, 2.24) is 4.98 Å². The predicted molar refractivity (Wildman–Crippen MR) is 92.3 cm³/mol. The number of hydrogen-bond donors (Lipinski definition) is 2. The predicted octanol–water partition coefficient (Wildman–Crippen LogP) is 4.12. The van der Waals surface area contributed by atoms with E-state index in [2.05, 4.69) is 41.4 Å². The van der Waals surface area contributed by atoms with E-state index in [1.165, 1.54) is 22.2 Å². The highest BCUT2D eigenvalue weighted by Gasteiger charge is 2.13. The molecule has 0 aliphatic heterocycles. The van der Waals surface area contributed by atoms with Crippen molar-refractivity contribution in [3.8, 4) is 17.0 Å². The Bertz CT molecular complexity index is 747. The van der Waals surface area contributed by atoms with Gasteiger partial charge in [0.2, 0.25) is 0 Å². The minimum Gasteiger partial charge on any atom is -0.497 e. The number of fused-ring (bicyclic) bond motifs is 1. The summed E-state index contributed by atoms with van der Waals surface area (Å²) in [6, 6.07) is 16.7. The van der Waals surface area contributed by atoms with Gasteiger partial charge in [-0.15, -0.1) is 0 Å². The van der Waals surface area contributed by atoms with Gasteiger partial charge in [-0.2, -0.15) is 0 Å². The normalized spacial score (nSPS) is 11.0. The molecule has 1 heterocycles. The van der Waals surface area contributed by atoms with Gasteiger partial charge in [-0.05, 0) is 55.1 Å². The maximum Gasteiger partial charge on any atom is 0.119 e. The van der Waals surface area contributed by atoms with Crippen LogP contribution in [0.4, 0.5) is 0 Å². The molecule has 0 amide bonds. The Balaban J connectivity index is 2.11. The van der Waals surface area contributed by atoms with Crippen molar-refractivity contribution in [2.75, 3.05) is 13.7 Å². The number of aryl methyl sites for hydroxylation is 1. The molecule has 3 aromatic rings. The molecule has 0 saturated carbocycles. The number of H-pyrrole nitrogens is 1. The van der Waals surface area contributed by atoms with Crippen molar-refractivity contribution in [3.63, 3.8) is 0 Å². The second-order valence-electron chi connectivity index (χ2n) is 5.50. The summed E-state index contributed by atoms with van der Waals surface area (Å²) in [6.45, 7) is 0.742. The lowest BCUT2D eigenvalue weighted by atomic mass is 10.0. The van der Waals surface area contributed by atoms with E-state index in [0.29, 0.717) is 0 Å². The quantitative estimate of drug-likeness (QED) is 0.672. The third-order valence-electron chi connectivity index (χ3n) is 4.06. The summed E-state index contributed by atoms with van der Waals surface area (Å²) in [6.07, 6.45) is 3.17. The lowest BCUT2D eigenvalue weighted by molar-refractivity contribution is 0.415. The van der Waals surface area contributed by atoms with Gasteiger partial charge in [0.15, 0.2) is 0 Å². The maximum absolute atomic E-state index is 5.65. The highest BCUT2D eigenvalue weighted by atomic mass is 16.5. The smallest absolute Gasteiger partial charge is 0.119 e. The van der Waals surface area contributed by atoms with E-state index in [1.807, 2.05) is 12.1 Å². The van der Waals surface area contributed by atoms with Crippen molar-refractivity contribution in [2.45, 2.75) is 19.3 Å². The largest absolute Gasteiger partial charge is 0.497 e. The van der Waals surface area contributed by atoms with Crippen LogP contribution in [0.3, 0.4) is 0 Å². The number of methoxy groups -OCH3 is 1. The van der Waals surface area contributed by atoms with E-state index < -0.39 is 0 Å². The van der Waals surface area contributed by atoms with Crippen molar-refractivity contribution < 1.29 is 4.74 Å². The van der Waals surface area contributed by atoms with E-state index in [1.54, 1.807) is 7.11 Å². The Morgan fingerprint density at radius 2 is 1.86 bits per heavy atom. The Morgan fingerprint density at radius 1 is 1.05 bits per heavy atom. The number of ether oxygens (including phenoxy) is 1. The minimum atomic E-state index is 0.742. The van der Waals surface area contributed by atoms with Crippen molar-refractivity contribution in [2.24, 2.45) is 5.73 Å². The molecule has 0 unspecified atom stereocenters. The van der Waals surface area contributed by atoms with E-state index in [9.17, 15) is 0 Å². The van der Waals surface area contributed by atoms with Crippen LogP contribution in [0, 0.1) is 0 Å². The first-order valence-electron chi connectivity index (χ1n) is 7.77. The first-order valence-corrected chi connectivity index (χ1v) is 7.77. The molecule has 114 valence electrons. The van der Waals surface area contributed by atoms with E-state index in [-0.39, 0.29) is 0 Å². The number of hydrogen-bond acceptors (Lipinski definition) is 2. The first-order chi connectivity index (χ1) is 10.8. The Kier molecular flexibility index (Phi) is 4.45. The number of aromatic nitrogens is 1. The zero-order valence-electron chi connectivity index (χ0n) is 12.9. The standard InChI is InChI=1S/C19H22N2O/c1-22-15-10-11-18-17(13-15)16(9-5-6-12-20)19(21-18)14-7-3-2-4-8-14/h2-4,7-8,10-11,13,21H,5-6,9,12,20H2,1H3. The summed E-state index contributed by atoms with van der Waals surface area (Å²) in [5.74, 6) is 0.895. The molecule has 0 aliphatic rings. The fraction of sp³-hybridized carbons (Fsp3) is 0.263. The second-order valence-corrected chi connectivity index (χ2v) is 5.50. The fourth-order valence-corrected chi connectivity index (χ4v) is 2.91. The molecule has 22 heavy (non-hydrogen) atoms. The van der Waals surface area contributed by atoms with Gasteiger partial charge in [-0.25, -0.2) is 0 Å². The average Bonchev–Trinajstić information content (AvgIpc) is 2.94. The molecule has 0 atom stereocenters. The summed E-state index contributed by atoms with van der Waals surface area (Å²) in [7, 11) is 1.71. The summed E-state index contributed by atoms with van der Waals surface area (Å²) in [5.41, 5.74) is 10.6. The van der Waals surface area contributed by atoms with Crippen molar-refractivity contribution in [1.29, 1.82) is 0 Å². The van der Waals surface area contributed by atoms with E-state index >= 15 is 0 Å². The molecule has 3 N–H and O–H groups in total. The molecular formula is C19H22N2O.